The van der Waals surface area contributed by atoms with Crippen molar-refractivity contribution < 1.29 is 19.3 Å². The SMILES string of the molecule is CCCc1cc(NC(=O)c2cc(N3CCCS3)[nH+]cc2C)cc(C(=O)OC)c1. The fraction of sp³-hybridized carbons (Fsp3) is 0.381. The molecule has 1 aromatic heterocycles. The molecule has 0 radical (unpaired) electrons. The van der Waals surface area contributed by atoms with Crippen LogP contribution in [0.5, 0.6) is 0 Å². The number of carbonyl (C=O) groups is 2. The van der Waals surface area contributed by atoms with E-state index in [1.165, 1.54) is 7.11 Å². The quantitative estimate of drug-likeness (QED) is 0.592. The average Bonchev–Trinajstić information content (AvgIpc) is 3.22. The number of amides is 1. The first-order valence-corrected chi connectivity index (χ1v) is 10.4. The maximum absolute atomic E-state index is 13.0. The Morgan fingerprint density at radius 3 is 2.79 bits per heavy atom. The Morgan fingerprint density at radius 1 is 1.29 bits per heavy atom. The summed E-state index contributed by atoms with van der Waals surface area (Å²) < 4.78 is 7.02. The normalized spacial score (nSPS) is 13.5. The van der Waals surface area contributed by atoms with Crippen LogP contribution in [0.1, 0.15) is 51.6 Å². The van der Waals surface area contributed by atoms with E-state index < -0.39 is 5.97 Å². The molecule has 6 nitrogen and oxygen atoms in total. The van der Waals surface area contributed by atoms with Gasteiger partial charge in [0.2, 0.25) is 0 Å². The number of esters is 1. The lowest BCUT2D eigenvalue weighted by molar-refractivity contribution is -0.363. The Labute approximate surface area is 169 Å². The molecule has 1 fully saturated rings. The van der Waals surface area contributed by atoms with Crippen molar-refractivity contribution in [3.05, 3.63) is 52.7 Å². The molecule has 1 aliphatic rings. The molecule has 0 unspecified atom stereocenters. The van der Waals surface area contributed by atoms with Crippen molar-refractivity contribution in [2.45, 2.75) is 33.1 Å². The first-order chi connectivity index (χ1) is 13.5. The van der Waals surface area contributed by atoms with Gasteiger partial charge in [-0.25, -0.2) is 9.78 Å². The van der Waals surface area contributed by atoms with Gasteiger partial charge in [-0.2, -0.15) is 4.31 Å². The van der Waals surface area contributed by atoms with Gasteiger partial charge in [-0.05, 0) is 43.5 Å². The molecule has 3 rings (SSSR count). The van der Waals surface area contributed by atoms with Gasteiger partial charge < -0.3 is 10.1 Å². The van der Waals surface area contributed by atoms with Crippen molar-refractivity contribution in [2.75, 3.05) is 29.0 Å². The summed E-state index contributed by atoms with van der Waals surface area (Å²) in [7, 11) is 1.36. The van der Waals surface area contributed by atoms with Gasteiger partial charge in [0.05, 0.1) is 42.9 Å². The molecule has 2 aromatic rings. The van der Waals surface area contributed by atoms with Gasteiger partial charge in [-0.3, -0.25) is 4.79 Å². The van der Waals surface area contributed by atoms with Gasteiger partial charge in [0.1, 0.15) is 0 Å². The first kappa shape index (κ1) is 20.2. The highest BCUT2D eigenvalue weighted by atomic mass is 32.2. The van der Waals surface area contributed by atoms with Crippen LogP contribution in [0, 0.1) is 6.92 Å². The molecule has 0 atom stereocenters. The minimum Gasteiger partial charge on any atom is -0.465 e. The van der Waals surface area contributed by atoms with Crippen LogP contribution in [-0.4, -0.2) is 31.3 Å². The fourth-order valence-electron chi connectivity index (χ4n) is 3.21. The standard InChI is InChI=1S/C21H25N3O3S/c1-4-6-15-9-16(21(26)27-3)11-17(10-15)23-20(25)18-12-19(22-13-14(18)2)24-7-5-8-28-24/h9-13H,4-8H2,1-3H3,(H,23,25)/p+1. The van der Waals surface area contributed by atoms with Crippen molar-refractivity contribution in [2.24, 2.45) is 0 Å². The summed E-state index contributed by atoms with van der Waals surface area (Å²) in [5.74, 6) is 1.41. The number of aryl methyl sites for hydroxylation is 2. The molecular formula is C21H26N3O3S+. The van der Waals surface area contributed by atoms with Crippen LogP contribution in [-0.2, 0) is 11.2 Å². The predicted octanol–water partition coefficient (Wildman–Crippen LogP) is 3.66. The molecule has 1 saturated heterocycles. The van der Waals surface area contributed by atoms with E-state index >= 15 is 0 Å². The molecule has 0 bridgehead atoms. The molecule has 1 aromatic carbocycles. The summed E-state index contributed by atoms with van der Waals surface area (Å²) in [6.07, 6.45) is 4.76. The number of nitrogens with zero attached hydrogens (tertiary/aromatic N) is 1. The number of rotatable bonds is 6. The number of hydrogen-bond acceptors (Lipinski definition) is 5. The molecular weight excluding hydrogens is 374 g/mol. The van der Waals surface area contributed by atoms with Crippen LogP contribution < -0.4 is 14.6 Å². The van der Waals surface area contributed by atoms with Crippen LogP contribution in [0.25, 0.3) is 0 Å². The zero-order valence-electron chi connectivity index (χ0n) is 16.5. The van der Waals surface area contributed by atoms with Crippen LogP contribution in [0.2, 0.25) is 0 Å². The van der Waals surface area contributed by atoms with Crippen molar-refractivity contribution in [3.8, 4) is 0 Å². The van der Waals surface area contributed by atoms with E-state index in [4.69, 9.17) is 4.74 Å². The van der Waals surface area contributed by atoms with E-state index in [0.29, 0.717) is 16.8 Å². The van der Waals surface area contributed by atoms with E-state index in [-0.39, 0.29) is 5.91 Å². The van der Waals surface area contributed by atoms with Gasteiger partial charge >= 0.3 is 5.97 Å². The largest absolute Gasteiger partial charge is 0.465 e. The Kier molecular flexibility index (Phi) is 6.57. The van der Waals surface area contributed by atoms with Crippen molar-refractivity contribution in [1.82, 2.24) is 0 Å². The monoisotopic (exact) mass is 400 g/mol. The third-order valence-electron chi connectivity index (χ3n) is 4.62. The molecule has 148 valence electrons. The maximum atomic E-state index is 13.0. The third-order valence-corrected chi connectivity index (χ3v) is 5.78. The number of nitrogens with one attached hydrogen (secondary N) is 2. The lowest BCUT2D eigenvalue weighted by Crippen LogP contribution is -2.23. The number of aromatic amines is 1. The summed E-state index contributed by atoms with van der Waals surface area (Å²) in [6.45, 7) is 4.94. The Hall–Kier alpha value is -2.54. The summed E-state index contributed by atoms with van der Waals surface area (Å²) in [4.78, 5) is 28.2. The van der Waals surface area contributed by atoms with Gasteiger partial charge in [0.15, 0.2) is 0 Å². The summed E-state index contributed by atoms with van der Waals surface area (Å²) in [6, 6.07) is 7.27. The highest BCUT2D eigenvalue weighted by molar-refractivity contribution is 8.00. The highest BCUT2D eigenvalue weighted by Gasteiger charge is 2.24. The second kappa shape index (κ2) is 9.10. The topological polar surface area (TPSA) is 72.8 Å². The molecule has 1 aliphatic heterocycles. The number of hydrogen-bond donors (Lipinski definition) is 1. The van der Waals surface area contributed by atoms with Crippen LogP contribution in [0.15, 0.2) is 30.5 Å². The number of carbonyl (C=O) groups excluding carboxylic acids is 2. The minimum atomic E-state index is -0.410. The number of anilines is 2. The number of pyridine rings is 1. The fourth-order valence-corrected chi connectivity index (χ4v) is 4.19. The number of benzene rings is 1. The lowest BCUT2D eigenvalue weighted by atomic mass is 10.0. The molecule has 1 amide bonds. The number of methoxy groups -OCH3 is 1. The second-order valence-electron chi connectivity index (χ2n) is 6.82. The van der Waals surface area contributed by atoms with Crippen molar-refractivity contribution >= 4 is 35.3 Å². The van der Waals surface area contributed by atoms with Gasteiger partial charge in [-0.15, -0.1) is 0 Å². The minimum absolute atomic E-state index is 0.193. The van der Waals surface area contributed by atoms with E-state index in [2.05, 4.69) is 21.5 Å². The van der Waals surface area contributed by atoms with Crippen molar-refractivity contribution in [3.63, 3.8) is 0 Å². The number of H-pyrrole nitrogens is 1. The Balaban J connectivity index is 1.87. The summed E-state index contributed by atoms with van der Waals surface area (Å²) in [5.41, 5.74) is 3.51. The molecule has 0 saturated carbocycles. The van der Waals surface area contributed by atoms with Gasteiger partial charge in [-0.1, -0.05) is 13.3 Å². The third kappa shape index (κ3) is 4.65. The molecule has 2 N–H and O–H groups in total. The van der Waals surface area contributed by atoms with Crippen molar-refractivity contribution in [1.29, 1.82) is 0 Å². The van der Waals surface area contributed by atoms with Crippen LogP contribution in [0.3, 0.4) is 0 Å². The number of ether oxygens (including phenoxy) is 1. The van der Waals surface area contributed by atoms with Crippen LogP contribution in [0.4, 0.5) is 11.5 Å². The van der Waals surface area contributed by atoms with Gasteiger partial charge in [0, 0.05) is 23.1 Å². The second-order valence-corrected chi connectivity index (χ2v) is 7.93. The summed E-state index contributed by atoms with van der Waals surface area (Å²) in [5, 5.41) is 2.95. The lowest BCUT2D eigenvalue weighted by Gasteiger charge is -2.12. The molecule has 2 heterocycles. The van der Waals surface area contributed by atoms with E-state index in [0.717, 1.165) is 48.5 Å². The first-order valence-electron chi connectivity index (χ1n) is 9.48. The molecule has 7 heteroatoms. The maximum Gasteiger partial charge on any atom is 0.337 e. The zero-order valence-corrected chi connectivity index (χ0v) is 17.3. The Bertz CT molecular complexity index is 879. The van der Waals surface area contributed by atoms with E-state index in [1.807, 2.05) is 31.3 Å². The predicted molar refractivity (Wildman–Crippen MR) is 112 cm³/mol. The number of aromatic nitrogens is 1. The molecule has 0 aliphatic carbocycles. The zero-order chi connectivity index (χ0) is 20.1. The van der Waals surface area contributed by atoms with Crippen LogP contribution >= 0.6 is 11.9 Å². The van der Waals surface area contributed by atoms with E-state index in [9.17, 15) is 9.59 Å². The van der Waals surface area contributed by atoms with E-state index in [1.54, 1.807) is 18.0 Å². The van der Waals surface area contributed by atoms with Gasteiger partial charge in [0.25, 0.3) is 11.7 Å². The average molecular weight is 401 g/mol. The Morgan fingerprint density at radius 2 is 2.11 bits per heavy atom. The highest BCUT2D eigenvalue weighted by Crippen LogP contribution is 2.26. The molecule has 28 heavy (non-hydrogen) atoms. The smallest absolute Gasteiger partial charge is 0.337 e. The summed E-state index contributed by atoms with van der Waals surface area (Å²) >= 11 is 1.76. The molecule has 0 spiro atoms.